The molecule has 1 aromatic heterocycles. The summed E-state index contributed by atoms with van der Waals surface area (Å²) in [6, 6.07) is -0.0467. The van der Waals surface area contributed by atoms with Crippen LogP contribution in [-0.2, 0) is 4.79 Å². The van der Waals surface area contributed by atoms with Crippen LogP contribution in [-0.4, -0.2) is 46.1 Å². The van der Waals surface area contributed by atoms with Crippen molar-refractivity contribution in [3.8, 4) is 0 Å². The van der Waals surface area contributed by atoms with E-state index < -0.39 is 0 Å². The van der Waals surface area contributed by atoms with Crippen molar-refractivity contribution in [2.45, 2.75) is 57.5 Å². The van der Waals surface area contributed by atoms with Gasteiger partial charge in [0.15, 0.2) is 5.82 Å². The largest absolute Gasteiger partial charge is 0.346 e. The first kappa shape index (κ1) is 16.7. The van der Waals surface area contributed by atoms with Crippen LogP contribution in [0.5, 0.6) is 0 Å². The lowest BCUT2D eigenvalue weighted by atomic mass is 9.97. The third-order valence-corrected chi connectivity index (χ3v) is 4.89. The number of hydrogen-bond acceptors (Lipinski definition) is 5. The van der Waals surface area contributed by atoms with E-state index in [9.17, 15) is 9.59 Å². The third kappa shape index (κ3) is 4.04. The van der Waals surface area contributed by atoms with Crippen LogP contribution in [0.25, 0.3) is 0 Å². The maximum atomic E-state index is 12.5. The Labute approximate surface area is 141 Å². The molecule has 2 aliphatic rings. The van der Waals surface area contributed by atoms with E-state index in [2.05, 4.69) is 20.8 Å². The van der Waals surface area contributed by atoms with Gasteiger partial charge in [-0.05, 0) is 32.6 Å². The molecule has 0 spiro atoms. The summed E-state index contributed by atoms with van der Waals surface area (Å²) in [5, 5.41) is 9.74. The molecule has 1 aliphatic carbocycles. The molecule has 1 aromatic rings. The molecule has 8 nitrogen and oxygen atoms in total. The molecule has 0 unspecified atom stereocenters. The minimum atomic E-state index is -0.307. The second kappa shape index (κ2) is 7.63. The minimum absolute atomic E-state index is 0.0365. The van der Waals surface area contributed by atoms with Gasteiger partial charge in [-0.2, -0.15) is 4.98 Å². The number of nitrogens with one attached hydrogen (secondary N) is 2. The molecule has 2 N–H and O–H groups in total. The lowest BCUT2D eigenvalue weighted by Gasteiger charge is -2.33. The van der Waals surface area contributed by atoms with Crippen LogP contribution in [0.1, 0.15) is 57.3 Å². The summed E-state index contributed by atoms with van der Waals surface area (Å²) in [4.78, 5) is 30.6. The average Bonchev–Trinajstić information content (AvgIpc) is 3.28. The standard InChI is InChI=1S/C16H25N5O3/c1-11(14-17-10-24-20-14)18-15(22)12-5-4-8-21(9-12)16(23)19-13-6-2-3-7-13/h10-13H,2-9H2,1H3,(H,18,22)(H,19,23)/t11-,12-/m0/s1. The number of hydrogen-bond donors (Lipinski definition) is 2. The molecular formula is C16H25N5O3. The van der Waals surface area contributed by atoms with Crippen molar-refractivity contribution in [2.24, 2.45) is 5.92 Å². The molecule has 8 heteroatoms. The van der Waals surface area contributed by atoms with Gasteiger partial charge in [-0.1, -0.05) is 18.0 Å². The summed E-state index contributed by atoms with van der Waals surface area (Å²) in [6.45, 7) is 2.99. The van der Waals surface area contributed by atoms with Gasteiger partial charge >= 0.3 is 6.03 Å². The fraction of sp³-hybridized carbons (Fsp3) is 0.750. The van der Waals surface area contributed by atoms with E-state index in [0.717, 1.165) is 25.7 Å². The number of carbonyl (C=O) groups excluding carboxylic acids is 2. The minimum Gasteiger partial charge on any atom is -0.346 e. The molecular weight excluding hydrogens is 310 g/mol. The highest BCUT2D eigenvalue weighted by molar-refractivity contribution is 5.81. The Morgan fingerprint density at radius 2 is 2.08 bits per heavy atom. The van der Waals surface area contributed by atoms with Gasteiger partial charge in [-0.3, -0.25) is 4.79 Å². The second-order valence-electron chi connectivity index (χ2n) is 6.74. The first-order valence-corrected chi connectivity index (χ1v) is 8.75. The first-order chi connectivity index (χ1) is 11.6. The molecule has 1 saturated heterocycles. The van der Waals surface area contributed by atoms with Crippen LogP contribution in [0.3, 0.4) is 0 Å². The predicted octanol–water partition coefficient (Wildman–Crippen LogP) is 1.61. The molecule has 3 amide bonds. The van der Waals surface area contributed by atoms with Gasteiger partial charge in [-0.15, -0.1) is 0 Å². The Morgan fingerprint density at radius 3 is 2.79 bits per heavy atom. The number of aromatic nitrogens is 2. The monoisotopic (exact) mass is 335 g/mol. The van der Waals surface area contributed by atoms with Gasteiger partial charge in [0, 0.05) is 19.1 Å². The summed E-state index contributed by atoms with van der Waals surface area (Å²) < 4.78 is 4.70. The van der Waals surface area contributed by atoms with Gasteiger partial charge in [0.2, 0.25) is 12.3 Å². The van der Waals surface area contributed by atoms with Gasteiger partial charge < -0.3 is 20.1 Å². The van der Waals surface area contributed by atoms with Crippen LogP contribution in [0, 0.1) is 5.92 Å². The van der Waals surface area contributed by atoms with E-state index in [1.807, 2.05) is 6.92 Å². The Kier molecular flexibility index (Phi) is 5.32. The predicted molar refractivity (Wildman–Crippen MR) is 85.9 cm³/mol. The molecule has 0 radical (unpaired) electrons. The lowest BCUT2D eigenvalue weighted by Crippen LogP contribution is -2.50. The zero-order chi connectivity index (χ0) is 16.9. The Hall–Kier alpha value is -2.12. The summed E-state index contributed by atoms with van der Waals surface area (Å²) in [6.07, 6.45) is 7.36. The number of rotatable bonds is 4. The third-order valence-electron chi connectivity index (χ3n) is 4.89. The number of carbonyl (C=O) groups is 2. The van der Waals surface area contributed by atoms with Crippen LogP contribution >= 0.6 is 0 Å². The molecule has 1 aliphatic heterocycles. The molecule has 132 valence electrons. The number of amides is 3. The first-order valence-electron chi connectivity index (χ1n) is 8.75. The van der Waals surface area contributed by atoms with Gasteiger partial charge in [0.1, 0.15) is 0 Å². The number of nitrogens with zero attached hydrogens (tertiary/aromatic N) is 3. The Bertz CT molecular complexity index is 556. The van der Waals surface area contributed by atoms with Crippen LogP contribution in [0.15, 0.2) is 10.9 Å². The fourth-order valence-corrected chi connectivity index (χ4v) is 3.48. The van der Waals surface area contributed by atoms with Crippen molar-refractivity contribution in [3.63, 3.8) is 0 Å². The molecule has 0 aromatic carbocycles. The van der Waals surface area contributed by atoms with E-state index in [1.165, 1.54) is 19.2 Å². The number of piperidine rings is 1. The van der Waals surface area contributed by atoms with Crippen molar-refractivity contribution in [1.82, 2.24) is 25.7 Å². The maximum absolute atomic E-state index is 12.5. The molecule has 1 saturated carbocycles. The van der Waals surface area contributed by atoms with E-state index in [4.69, 9.17) is 4.52 Å². The molecule has 24 heavy (non-hydrogen) atoms. The van der Waals surface area contributed by atoms with Crippen molar-refractivity contribution >= 4 is 11.9 Å². The smallest absolute Gasteiger partial charge is 0.317 e. The molecule has 2 heterocycles. The van der Waals surface area contributed by atoms with Gasteiger partial charge in [0.25, 0.3) is 0 Å². The highest BCUT2D eigenvalue weighted by Gasteiger charge is 2.30. The molecule has 2 fully saturated rings. The van der Waals surface area contributed by atoms with Crippen LogP contribution in [0.4, 0.5) is 4.79 Å². The van der Waals surface area contributed by atoms with Gasteiger partial charge in [0.05, 0.1) is 12.0 Å². The molecule has 2 atom stereocenters. The number of urea groups is 1. The van der Waals surface area contributed by atoms with E-state index in [1.54, 1.807) is 4.90 Å². The average molecular weight is 335 g/mol. The zero-order valence-electron chi connectivity index (χ0n) is 14.0. The zero-order valence-corrected chi connectivity index (χ0v) is 14.0. The molecule has 0 bridgehead atoms. The summed E-state index contributed by atoms with van der Waals surface area (Å²) in [5.41, 5.74) is 0. The van der Waals surface area contributed by atoms with E-state index in [0.29, 0.717) is 25.0 Å². The normalized spacial score (nSPS) is 23.0. The van der Waals surface area contributed by atoms with Crippen molar-refractivity contribution < 1.29 is 14.1 Å². The fourth-order valence-electron chi connectivity index (χ4n) is 3.48. The lowest BCUT2D eigenvalue weighted by molar-refractivity contribution is -0.127. The molecule has 3 rings (SSSR count). The Balaban J connectivity index is 1.50. The highest BCUT2D eigenvalue weighted by Crippen LogP contribution is 2.21. The van der Waals surface area contributed by atoms with Crippen molar-refractivity contribution in [2.75, 3.05) is 13.1 Å². The topological polar surface area (TPSA) is 100 Å². The summed E-state index contributed by atoms with van der Waals surface area (Å²) >= 11 is 0. The van der Waals surface area contributed by atoms with E-state index in [-0.39, 0.29) is 23.9 Å². The highest BCUT2D eigenvalue weighted by atomic mass is 16.5. The van der Waals surface area contributed by atoms with E-state index >= 15 is 0 Å². The van der Waals surface area contributed by atoms with Crippen LogP contribution < -0.4 is 10.6 Å². The van der Waals surface area contributed by atoms with Crippen LogP contribution in [0.2, 0.25) is 0 Å². The second-order valence-corrected chi connectivity index (χ2v) is 6.74. The maximum Gasteiger partial charge on any atom is 0.317 e. The van der Waals surface area contributed by atoms with Gasteiger partial charge in [-0.25, -0.2) is 4.79 Å². The van der Waals surface area contributed by atoms with Crippen molar-refractivity contribution in [1.29, 1.82) is 0 Å². The summed E-state index contributed by atoms with van der Waals surface area (Å²) in [5.74, 6) is 0.197. The Morgan fingerprint density at radius 1 is 1.29 bits per heavy atom. The SMILES string of the molecule is C[C@H](NC(=O)[C@H]1CCCN(C(=O)NC2CCCC2)C1)c1ncon1. The summed E-state index contributed by atoms with van der Waals surface area (Å²) in [7, 11) is 0. The quantitative estimate of drug-likeness (QED) is 0.870. The number of likely N-dealkylation sites (tertiary alicyclic amines) is 1. The van der Waals surface area contributed by atoms with Crippen molar-refractivity contribution in [3.05, 3.63) is 12.2 Å².